The maximum atomic E-state index is 4.73. The standard InChI is InChI=1S/C38H24N4.2C33H21N.C32H20N2/c1-2-8-30-29(7-1)33-21-25(37-23-27(15-19-41-37)35-9-3-5-17-39-35)11-13-31(33)32-14-12-26(22-34(30)32)38-24-28(16-20-42-38)36-10-4-6-18-40-36;2*1-2-10-30-28(8-1)29-9-3-4-11-31(29)33-20-25(14-15-32(30)33)23-7-5-6-22(18-23)24-12-13-27-21-34-17-16-26(27)19-24;1-2-9-27-25(7-1)26-8-3-4-10-28(26)30-18-24(13-14-29(27)30)32-20-23(15-17-34-32)22-12-11-21-6-5-16-33-31(21)19-22/h1-24H;2*1-21H;1-20H. The number of fused-ring (bicyclic) bond motifs is 27. The highest BCUT2D eigenvalue weighted by Gasteiger charge is 2.20. The van der Waals surface area contributed by atoms with Gasteiger partial charge in [-0.2, -0.15) is 0 Å². The summed E-state index contributed by atoms with van der Waals surface area (Å²) in [5.74, 6) is 0. The molecule has 29 aromatic rings. The molecule has 0 unspecified atom stereocenters. The van der Waals surface area contributed by atoms with Crippen LogP contribution in [0.5, 0.6) is 0 Å². The fraction of sp³-hybridized carbons (Fsp3) is 0. The molecule has 0 atom stereocenters. The summed E-state index contributed by atoms with van der Waals surface area (Å²) in [5.41, 5.74) is 23.2. The summed E-state index contributed by atoms with van der Waals surface area (Å²) in [6.07, 6.45) is 18.6. The van der Waals surface area contributed by atoms with Crippen LogP contribution in [0.2, 0.25) is 0 Å². The highest BCUT2D eigenvalue weighted by Crippen LogP contribution is 2.46. The maximum absolute atomic E-state index is 4.73. The molecule has 8 heteroatoms. The van der Waals surface area contributed by atoms with Crippen molar-refractivity contribution in [3.63, 3.8) is 0 Å². The number of benzene rings is 21. The van der Waals surface area contributed by atoms with Crippen molar-refractivity contribution in [1.29, 1.82) is 0 Å². The Morgan fingerprint density at radius 1 is 0.104 bits per heavy atom. The third-order valence-corrected chi connectivity index (χ3v) is 28.4. The lowest BCUT2D eigenvalue weighted by atomic mass is 9.91. The number of hydrogen-bond donors (Lipinski definition) is 0. The van der Waals surface area contributed by atoms with Crippen LogP contribution in [0.4, 0.5) is 0 Å². The third kappa shape index (κ3) is 16.0. The van der Waals surface area contributed by atoms with Crippen molar-refractivity contribution >= 4 is 162 Å². The minimum atomic E-state index is 0.929. The van der Waals surface area contributed by atoms with Crippen molar-refractivity contribution in [3.8, 4) is 112 Å². The zero-order valence-electron chi connectivity index (χ0n) is 78.2. The Bertz CT molecular complexity index is 9200. The molecule has 8 heterocycles. The fourth-order valence-corrected chi connectivity index (χ4v) is 21.4. The van der Waals surface area contributed by atoms with E-state index in [-0.39, 0.29) is 0 Å². The molecule has 29 rings (SSSR count). The first-order valence-electron chi connectivity index (χ1n) is 48.7. The molecule has 0 aliphatic heterocycles. The van der Waals surface area contributed by atoms with Gasteiger partial charge in [-0.1, -0.05) is 322 Å². The molecule has 8 aromatic heterocycles. The molecular formula is C136H86N8. The van der Waals surface area contributed by atoms with Crippen LogP contribution in [-0.2, 0) is 0 Å². The molecule has 0 bridgehead atoms. The van der Waals surface area contributed by atoms with E-state index in [1.54, 1.807) is 0 Å². The smallest absolute Gasteiger partial charge is 0.0708 e. The maximum Gasteiger partial charge on any atom is 0.0708 e. The molecule has 144 heavy (non-hydrogen) atoms. The molecule has 0 amide bonds. The van der Waals surface area contributed by atoms with Crippen molar-refractivity contribution in [3.05, 3.63) is 523 Å². The van der Waals surface area contributed by atoms with Crippen molar-refractivity contribution < 1.29 is 0 Å². The van der Waals surface area contributed by atoms with Gasteiger partial charge in [0.1, 0.15) is 0 Å². The van der Waals surface area contributed by atoms with E-state index < -0.39 is 0 Å². The minimum Gasteiger partial charge on any atom is -0.264 e. The molecule has 21 aromatic carbocycles. The second-order valence-corrected chi connectivity index (χ2v) is 36.8. The summed E-state index contributed by atoms with van der Waals surface area (Å²) >= 11 is 0. The van der Waals surface area contributed by atoms with Gasteiger partial charge in [-0.05, 0) is 335 Å². The Balaban J connectivity index is 0.0000000984. The molecule has 0 N–H and O–H groups in total. The molecule has 8 nitrogen and oxygen atoms in total. The van der Waals surface area contributed by atoms with E-state index in [4.69, 9.17) is 15.0 Å². The molecule has 0 radical (unpaired) electrons. The summed E-state index contributed by atoms with van der Waals surface area (Å²) < 4.78 is 0. The number of pyridine rings is 8. The quantitative estimate of drug-likeness (QED) is 0.125. The summed E-state index contributed by atoms with van der Waals surface area (Å²) in [5, 5.41) is 36.5. The molecule has 0 spiro atoms. The van der Waals surface area contributed by atoms with Crippen LogP contribution < -0.4 is 0 Å². The summed E-state index contributed by atoms with van der Waals surface area (Å²) in [6, 6.07) is 165. The molecule has 670 valence electrons. The summed E-state index contributed by atoms with van der Waals surface area (Å²) in [4.78, 5) is 36.2. The van der Waals surface area contributed by atoms with Gasteiger partial charge < -0.3 is 0 Å². The van der Waals surface area contributed by atoms with Crippen LogP contribution in [-0.4, -0.2) is 39.9 Å². The normalized spacial score (nSPS) is 11.5. The third-order valence-electron chi connectivity index (χ3n) is 28.4. The van der Waals surface area contributed by atoms with Crippen LogP contribution >= 0.6 is 0 Å². The predicted molar refractivity (Wildman–Crippen MR) is 605 cm³/mol. The van der Waals surface area contributed by atoms with Crippen molar-refractivity contribution in [2.45, 2.75) is 0 Å². The molecule has 0 saturated heterocycles. The Morgan fingerprint density at radius 2 is 0.347 bits per heavy atom. The van der Waals surface area contributed by atoms with E-state index in [0.29, 0.717) is 0 Å². The van der Waals surface area contributed by atoms with Crippen molar-refractivity contribution in [2.75, 3.05) is 0 Å². The molecule has 0 aliphatic rings. The zero-order valence-corrected chi connectivity index (χ0v) is 78.2. The van der Waals surface area contributed by atoms with Gasteiger partial charge in [0.05, 0.1) is 34.0 Å². The van der Waals surface area contributed by atoms with Crippen LogP contribution in [0.15, 0.2) is 523 Å². The lowest BCUT2D eigenvalue weighted by molar-refractivity contribution is 1.29. The van der Waals surface area contributed by atoms with E-state index in [9.17, 15) is 0 Å². The van der Waals surface area contributed by atoms with Gasteiger partial charge in [-0.3, -0.25) is 39.9 Å². The van der Waals surface area contributed by atoms with Crippen LogP contribution in [0.1, 0.15) is 0 Å². The highest BCUT2D eigenvalue weighted by atomic mass is 14.7. The molecule has 0 aliphatic carbocycles. The monoisotopic (exact) mass is 1830 g/mol. The van der Waals surface area contributed by atoms with E-state index in [1.165, 1.54) is 185 Å². The van der Waals surface area contributed by atoms with Gasteiger partial charge in [-0.25, -0.2) is 0 Å². The average Bonchev–Trinajstić information content (AvgIpc) is 0.774. The van der Waals surface area contributed by atoms with E-state index in [1.807, 2.05) is 117 Å². The number of hydrogen-bond acceptors (Lipinski definition) is 8. The Hall–Kier alpha value is -19.3. The molecule has 0 fully saturated rings. The van der Waals surface area contributed by atoms with Crippen LogP contribution in [0, 0.1) is 0 Å². The van der Waals surface area contributed by atoms with Crippen molar-refractivity contribution in [1.82, 2.24) is 39.9 Å². The predicted octanol–water partition coefficient (Wildman–Crippen LogP) is 35.9. The lowest BCUT2D eigenvalue weighted by Gasteiger charge is -2.13. The van der Waals surface area contributed by atoms with Gasteiger partial charge in [0.2, 0.25) is 0 Å². The Morgan fingerprint density at radius 3 is 0.688 bits per heavy atom. The minimum absolute atomic E-state index is 0.929. The first kappa shape index (κ1) is 85.2. The van der Waals surface area contributed by atoms with Crippen LogP contribution in [0.3, 0.4) is 0 Å². The van der Waals surface area contributed by atoms with Gasteiger partial charge in [0, 0.05) is 106 Å². The summed E-state index contributed by atoms with van der Waals surface area (Å²) in [7, 11) is 0. The zero-order chi connectivity index (χ0) is 95.3. The lowest BCUT2D eigenvalue weighted by Crippen LogP contribution is -1.90. The van der Waals surface area contributed by atoms with E-state index >= 15 is 0 Å². The highest BCUT2D eigenvalue weighted by molar-refractivity contribution is 6.30. The SMILES string of the molecule is c1cc(-c2ccc3cnccc3c2)cc(-c2ccc3c4ccccc4c4ccccc4c3c2)c1.c1cc(-c2ccc3cnccc3c2)cc(-c2ccc3c4ccccc4c4ccccc4c3c2)c1.c1ccc(-c2ccnc(-c3ccc4c5ccc(-c6cc(-c7ccccn7)ccn6)cc5c5ccccc5c4c3)c2)nc1.c1cnc2cc(-c3ccnc(-c4ccc5c6ccccc6c6ccccc6c5c4)c3)ccc2c1. The number of aromatic nitrogens is 8. The molecular weight excluding hydrogens is 1750 g/mol. The second-order valence-electron chi connectivity index (χ2n) is 36.8. The first-order chi connectivity index (χ1) is 71.4. The summed E-state index contributed by atoms with van der Waals surface area (Å²) in [6.45, 7) is 0. The van der Waals surface area contributed by atoms with Gasteiger partial charge in [0.15, 0.2) is 0 Å². The number of nitrogens with zero attached hydrogens (tertiary/aromatic N) is 8. The largest absolute Gasteiger partial charge is 0.264 e. The Labute approximate surface area is 830 Å². The van der Waals surface area contributed by atoms with E-state index in [2.05, 4.69) is 431 Å². The van der Waals surface area contributed by atoms with Gasteiger partial charge in [-0.15, -0.1) is 0 Å². The number of rotatable bonds is 10. The molecule has 0 saturated carbocycles. The van der Waals surface area contributed by atoms with Gasteiger partial charge >= 0.3 is 0 Å². The topological polar surface area (TPSA) is 103 Å². The first-order valence-corrected chi connectivity index (χ1v) is 48.7. The Kier molecular flexibility index (Phi) is 21.8. The van der Waals surface area contributed by atoms with Gasteiger partial charge in [0.25, 0.3) is 0 Å². The van der Waals surface area contributed by atoms with Crippen LogP contribution in [0.25, 0.3) is 274 Å². The fourth-order valence-electron chi connectivity index (χ4n) is 21.4. The van der Waals surface area contributed by atoms with E-state index in [0.717, 1.165) is 89.1 Å². The average molecular weight is 1830 g/mol. The van der Waals surface area contributed by atoms with Crippen molar-refractivity contribution in [2.24, 2.45) is 0 Å². The second kappa shape index (κ2) is 36.9.